The third-order valence-electron chi connectivity index (χ3n) is 6.82. The summed E-state index contributed by atoms with van der Waals surface area (Å²) < 4.78 is 40.1. The van der Waals surface area contributed by atoms with Crippen LogP contribution in [-0.2, 0) is 22.6 Å². The average Bonchev–Trinajstić information content (AvgIpc) is 3.63. The van der Waals surface area contributed by atoms with E-state index >= 15 is 0 Å². The number of halogens is 3. The predicted molar refractivity (Wildman–Crippen MR) is 110 cm³/mol. The maximum Gasteiger partial charge on any atom is 0.490 e. The lowest BCUT2D eigenvalue weighted by molar-refractivity contribution is -0.192. The summed E-state index contributed by atoms with van der Waals surface area (Å²) in [7, 11) is 0. The van der Waals surface area contributed by atoms with Gasteiger partial charge in [-0.2, -0.15) is 13.2 Å². The number of hydrogen-bond acceptors (Lipinski definition) is 5. The van der Waals surface area contributed by atoms with Gasteiger partial charge in [0.1, 0.15) is 5.69 Å². The fraction of sp³-hybridized carbons (Fsp3) is 0.864. The maximum absolute atomic E-state index is 10.6. The number of aromatic nitrogens is 3. The SMILES string of the molecule is C1CCC(CN2Cc3nnn(CC4CC4)c3C(COCC3CC3)C2)C1.O=C(O)C(F)(F)F. The molecule has 0 amide bonds. The fourth-order valence-electron chi connectivity index (χ4n) is 4.76. The molecule has 180 valence electrons. The summed E-state index contributed by atoms with van der Waals surface area (Å²) in [5.41, 5.74) is 2.62. The second kappa shape index (κ2) is 10.1. The van der Waals surface area contributed by atoms with Crippen molar-refractivity contribution < 1.29 is 27.8 Å². The molecule has 0 aromatic carbocycles. The van der Waals surface area contributed by atoms with Crippen LogP contribution in [-0.4, -0.2) is 63.4 Å². The second-order valence-corrected chi connectivity index (χ2v) is 9.87. The van der Waals surface area contributed by atoms with Crippen LogP contribution in [0.15, 0.2) is 0 Å². The molecular formula is C22H33F3N4O3. The van der Waals surface area contributed by atoms with Crippen LogP contribution < -0.4 is 0 Å². The monoisotopic (exact) mass is 458 g/mol. The van der Waals surface area contributed by atoms with E-state index in [1.165, 1.54) is 69.3 Å². The van der Waals surface area contributed by atoms with Gasteiger partial charge in [0.25, 0.3) is 0 Å². The molecule has 3 aliphatic carbocycles. The summed E-state index contributed by atoms with van der Waals surface area (Å²) in [4.78, 5) is 11.5. The number of ether oxygens (including phenoxy) is 1. The highest BCUT2D eigenvalue weighted by Gasteiger charge is 2.38. The van der Waals surface area contributed by atoms with Gasteiger partial charge in [-0.3, -0.25) is 4.90 Å². The van der Waals surface area contributed by atoms with E-state index in [1.54, 1.807) is 0 Å². The number of rotatable bonds is 8. The quantitative estimate of drug-likeness (QED) is 0.638. The van der Waals surface area contributed by atoms with E-state index in [0.717, 1.165) is 50.6 Å². The molecule has 0 saturated heterocycles. The zero-order valence-electron chi connectivity index (χ0n) is 18.4. The molecule has 10 heteroatoms. The lowest BCUT2D eigenvalue weighted by atomic mass is 9.97. The van der Waals surface area contributed by atoms with Crippen molar-refractivity contribution >= 4 is 5.97 Å². The van der Waals surface area contributed by atoms with Gasteiger partial charge in [-0.15, -0.1) is 5.10 Å². The van der Waals surface area contributed by atoms with E-state index in [2.05, 4.69) is 19.9 Å². The largest absolute Gasteiger partial charge is 0.490 e. The van der Waals surface area contributed by atoms with Gasteiger partial charge in [-0.1, -0.05) is 18.1 Å². The van der Waals surface area contributed by atoms with Crippen molar-refractivity contribution in [2.45, 2.75) is 76.6 Å². The van der Waals surface area contributed by atoms with Crippen LogP contribution in [0.25, 0.3) is 0 Å². The minimum atomic E-state index is -5.08. The Morgan fingerprint density at radius 3 is 2.22 bits per heavy atom. The summed E-state index contributed by atoms with van der Waals surface area (Å²) in [5, 5.41) is 16.2. The van der Waals surface area contributed by atoms with Crippen LogP contribution in [0, 0.1) is 17.8 Å². The van der Waals surface area contributed by atoms with E-state index in [0.29, 0.717) is 5.92 Å². The van der Waals surface area contributed by atoms with Gasteiger partial charge in [-0.25, -0.2) is 9.48 Å². The summed E-state index contributed by atoms with van der Waals surface area (Å²) in [5.74, 6) is 0.281. The first-order valence-corrected chi connectivity index (χ1v) is 11.8. The van der Waals surface area contributed by atoms with E-state index in [-0.39, 0.29) is 0 Å². The second-order valence-electron chi connectivity index (χ2n) is 9.87. The van der Waals surface area contributed by atoms with Gasteiger partial charge in [-0.05, 0) is 56.3 Å². The summed E-state index contributed by atoms with van der Waals surface area (Å²) in [6.45, 7) is 6.25. The van der Waals surface area contributed by atoms with Gasteiger partial charge in [0.15, 0.2) is 0 Å². The highest BCUT2D eigenvalue weighted by molar-refractivity contribution is 5.73. The van der Waals surface area contributed by atoms with Crippen molar-refractivity contribution in [2.24, 2.45) is 17.8 Å². The minimum Gasteiger partial charge on any atom is -0.475 e. The highest BCUT2D eigenvalue weighted by Crippen LogP contribution is 2.35. The summed E-state index contributed by atoms with van der Waals surface area (Å²) in [6, 6.07) is 0. The Kier molecular flexibility index (Phi) is 7.39. The lowest BCUT2D eigenvalue weighted by Crippen LogP contribution is -2.39. The van der Waals surface area contributed by atoms with Crippen molar-refractivity contribution in [3.05, 3.63) is 11.4 Å². The van der Waals surface area contributed by atoms with E-state index in [4.69, 9.17) is 14.6 Å². The molecular weight excluding hydrogens is 425 g/mol. The Morgan fingerprint density at radius 1 is 1.00 bits per heavy atom. The van der Waals surface area contributed by atoms with Crippen LogP contribution >= 0.6 is 0 Å². The Bertz CT molecular complexity index is 771. The first kappa shape index (κ1) is 23.5. The number of aliphatic carboxylic acids is 1. The van der Waals surface area contributed by atoms with Gasteiger partial charge >= 0.3 is 12.1 Å². The molecule has 7 nitrogen and oxygen atoms in total. The van der Waals surface area contributed by atoms with Crippen molar-refractivity contribution in [1.29, 1.82) is 0 Å². The zero-order chi connectivity index (χ0) is 22.7. The average molecular weight is 459 g/mol. The molecule has 0 bridgehead atoms. The first-order chi connectivity index (χ1) is 15.3. The smallest absolute Gasteiger partial charge is 0.475 e. The van der Waals surface area contributed by atoms with Gasteiger partial charge in [0, 0.05) is 38.7 Å². The highest BCUT2D eigenvalue weighted by atomic mass is 19.4. The van der Waals surface area contributed by atoms with Gasteiger partial charge in [0.2, 0.25) is 0 Å². The molecule has 1 N–H and O–H groups in total. The Labute approximate surface area is 186 Å². The Balaban J connectivity index is 0.000000307. The molecule has 4 aliphatic rings. The summed E-state index contributed by atoms with van der Waals surface area (Å²) >= 11 is 0. The van der Waals surface area contributed by atoms with Crippen molar-refractivity contribution in [3.8, 4) is 0 Å². The number of hydrogen-bond donors (Lipinski definition) is 1. The Hall–Kier alpha value is -1.68. The number of nitrogens with zero attached hydrogens (tertiary/aromatic N) is 4. The molecule has 3 fully saturated rings. The third-order valence-corrected chi connectivity index (χ3v) is 6.82. The molecule has 1 atom stereocenters. The van der Waals surface area contributed by atoms with Crippen molar-refractivity contribution in [1.82, 2.24) is 19.9 Å². The molecule has 0 spiro atoms. The number of carboxylic acids is 1. The third kappa shape index (κ3) is 6.66. The van der Waals surface area contributed by atoms with Crippen molar-refractivity contribution in [2.75, 3.05) is 26.3 Å². The summed E-state index contributed by atoms with van der Waals surface area (Å²) in [6.07, 6.45) is 6.07. The van der Waals surface area contributed by atoms with Crippen LogP contribution in [0.5, 0.6) is 0 Å². The van der Waals surface area contributed by atoms with E-state index in [9.17, 15) is 13.2 Å². The fourth-order valence-corrected chi connectivity index (χ4v) is 4.76. The lowest BCUT2D eigenvalue weighted by Gasteiger charge is -2.34. The van der Waals surface area contributed by atoms with Crippen molar-refractivity contribution in [3.63, 3.8) is 0 Å². The standard InChI is InChI=1S/C20H32N4O.C2HF3O2/c1-2-4-15(3-1)9-23-11-18(14-25-13-17-7-8-17)20-19(12-23)21-22-24(20)10-16-5-6-16;3-2(4,5)1(6)7/h15-18H,1-14H2;(H,6,7). The van der Waals surface area contributed by atoms with Crippen LogP contribution in [0.2, 0.25) is 0 Å². The number of carboxylic acid groups (broad SMARTS) is 1. The zero-order valence-corrected chi connectivity index (χ0v) is 18.4. The van der Waals surface area contributed by atoms with Gasteiger partial charge in [0.05, 0.1) is 12.3 Å². The van der Waals surface area contributed by atoms with Gasteiger partial charge < -0.3 is 9.84 Å². The topological polar surface area (TPSA) is 80.5 Å². The molecule has 0 radical (unpaired) electrons. The Morgan fingerprint density at radius 2 is 1.62 bits per heavy atom. The number of alkyl halides is 3. The number of fused-ring (bicyclic) bond motifs is 1. The maximum atomic E-state index is 10.6. The molecule has 32 heavy (non-hydrogen) atoms. The molecule has 1 aromatic heterocycles. The molecule has 1 aromatic rings. The van der Waals surface area contributed by atoms with E-state index in [1.807, 2.05) is 0 Å². The van der Waals surface area contributed by atoms with Crippen LogP contribution in [0.4, 0.5) is 13.2 Å². The number of carbonyl (C=O) groups is 1. The first-order valence-electron chi connectivity index (χ1n) is 11.8. The van der Waals surface area contributed by atoms with Crippen LogP contribution in [0.1, 0.15) is 68.7 Å². The molecule has 2 heterocycles. The molecule has 5 rings (SSSR count). The molecule has 3 saturated carbocycles. The molecule has 1 aliphatic heterocycles. The predicted octanol–water partition coefficient (Wildman–Crippen LogP) is 3.84. The minimum absolute atomic E-state index is 0.456. The van der Waals surface area contributed by atoms with Crippen LogP contribution in [0.3, 0.4) is 0 Å². The normalized spacial score (nSPS) is 24.2. The molecule has 1 unspecified atom stereocenters. The van der Waals surface area contributed by atoms with E-state index < -0.39 is 12.1 Å².